The first kappa shape index (κ1) is 14.9. The van der Waals surface area contributed by atoms with Gasteiger partial charge in [-0.25, -0.2) is 0 Å². The predicted octanol–water partition coefficient (Wildman–Crippen LogP) is 4.69. The lowest BCUT2D eigenvalue weighted by Gasteiger charge is -2.26. The Kier molecular flexibility index (Phi) is 6.19. The maximum absolute atomic E-state index is 5.97. The molecule has 2 rings (SSSR count). The van der Waals surface area contributed by atoms with Gasteiger partial charge in [0.25, 0.3) is 0 Å². The zero-order chi connectivity index (χ0) is 13.5. The van der Waals surface area contributed by atoms with E-state index in [9.17, 15) is 0 Å². The van der Waals surface area contributed by atoms with Gasteiger partial charge in [0.1, 0.15) is 0 Å². The van der Waals surface area contributed by atoms with Gasteiger partial charge in [-0.05, 0) is 49.5 Å². The molecule has 0 heterocycles. The molecule has 1 saturated carbocycles. The predicted molar refractivity (Wildman–Crippen MR) is 83.8 cm³/mol. The summed E-state index contributed by atoms with van der Waals surface area (Å²) in [4.78, 5) is 0. The van der Waals surface area contributed by atoms with Crippen LogP contribution in [0.25, 0.3) is 0 Å². The van der Waals surface area contributed by atoms with Crippen LogP contribution >= 0.6 is 11.6 Å². The molecule has 1 unspecified atom stereocenters. The summed E-state index contributed by atoms with van der Waals surface area (Å²) in [6, 6.07) is 8.39. The molecule has 0 spiro atoms. The third-order valence-corrected chi connectivity index (χ3v) is 4.70. The Hall–Kier alpha value is -0.530. The zero-order valence-electron chi connectivity index (χ0n) is 12.0. The van der Waals surface area contributed by atoms with Crippen molar-refractivity contribution in [3.8, 4) is 0 Å². The minimum Gasteiger partial charge on any atom is -0.319 e. The Labute approximate surface area is 122 Å². The van der Waals surface area contributed by atoms with E-state index in [2.05, 4.69) is 24.5 Å². The minimum atomic E-state index is 0.768. The van der Waals surface area contributed by atoms with Gasteiger partial charge >= 0.3 is 0 Å². The summed E-state index contributed by atoms with van der Waals surface area (Å²) in [5.74, 6) is 1.66. The number of rotatable bonds is 5. The first-order chi connectivity index (χ1) is 9.29. The van der Waals surface area contributed by atoms with Crippen molar-refractivity contribution in [3.05, 3.63) is 34.9 Å². The second kappa shape index (κ2) is 7.91. The molecule has 0 aromatic heterocycles. The normalized spacial score (nSPS) is 19.1. The fourth-order valence-electron chi connectivity index (χ4n) is 3.37. The SMILES string of the molecule is CNCC(Cc1ccc(Cl)cc1)C1CCCCCC1. The van der Waals surface area contributed by atoms with Crippen molar-refractivity contribution >= 4 is 11.6 Å². The molecule has 1 aromatic rings. The Balaban J connectivity index is 1.99. The Morgan fingerprint density at radius 1 is 1.11 bits per heavy atom. The van der Waals surface area contributed by atoms with Gasteiger partial charge in [0, 0.05) is 5.02 Å². The summed E-state index contributed by atoms with van der Waals surface area (Å²) in [5, 5.41) is 4.23. The van der Waals surface area contributed by atoms with Crippen LogP contribution in [0.4, 0.5) is 0 Å². The second-order valence-corrected chi connectivity index (χ2v) is 6.34. The molecule has 1 fully saturated rings. The van der Waals surface area contributed by atoms with Crippen LogP contribution in [0.3, 0.4) is 0 Å². The molecule has 2 heteroatoms. The van der Waals surface area contributed by atoms with Crippen molar-refractivity contribution in [2.75, 3.05) is 13.6 Å². The van der Waals surface area contributed by atoms with Gasteiger partial charge in [0.05, 0.1) is 0 Å². The number of hydrogen-bond acceptors (Lipinski definition) is 1. The summed E-state index contributed by atoms with van der Waals surface area (Å²) in [6.45, 7) is 1.13. The largest absolute Gasteiger partial charge is 0.319 e. The lowest BCUT2D eigenvalue weighted by atomic mass is 9.82. The van der Waals surface area contributed by atoms with Crippen LogP contribution in [0.1, 0.15) is 44.1 Å². The van der Waals surface area contributed by atoms with Gasteiger partial charge in [-0.1, -0.05) is 62.3 Å². The fourth-order valence-corrected chi connectivity index (χ4v) is 3.50. The van der Waals surface area contributed by atoms with Crippen molar-refractivity contribution in [2.24, 2.45) is 11.8 Å². The number of hydrogen-bond donors (Lipinski definition) is 1. The maximum atomic E-state index is 5.97. The summed E-state index contributed by atoms with van der Waals surface area (Å²) in [5.41, 5.74) is 1.42. The molecular weight excluding hydrogens is 254 g/mol. The van der Waals surface area contributed by atoms with E-state index in [0.717, 1.165) is 23.4 Å². The molecule has 0 amide bonds. The van der Waals surface area contributed by atoms with Crippen LogP contribution in [-0.4, -0.2) is 13.6 Å². The molecule has 1 aliphatic carbocycles. The fraction of sp³-hybridized carbons (Fsp3) is 0.647. The highest BCUT2D eigenvalue weighted by Crippen LogP contribution is 2.31. The van der Waals surface area contributed by atoms with Gasteiger partial charge in [0.2, 0.25) is 0 Å². The van der Waals surface area contributed by atoms with E-state index >= 15 is 0 Å². The molecule has 1 nitrogen and oxygen atoms in total. The summed E-state index contributed by atoms with van der Waals surface area (Å²) < 4.78 is 0. The first-order valence-electron chi connectivity index (χ1n) is 7.68. The summed E-state index contributed by atoms with van der Waals surface area (Å²) in [6.07, 6.45) is 9.73. The van der Waals surface area contributed by atoms with Crippen LogP contribution in [-0.2, 0) is 6.42 Å². The first-order valence-corrected chi connectivity index (χ1v) is 8.06. The van der Waals surface area contributed by atoms with E-state index in [-0.39, 0.29) is 0 Å². The van der Waals surface area contributed by atoms with Crippen LogP contribution in [0.15, 0.2) is 24.3 Å². The van der Waals surface area contributed by atoms with Crippen LogP contribution in [0.5, 0.6) is 0 Å². The van der Waals surface area contributed by atoms with Crippen molar-refractivity contribution in [3.63, 3.8) is 0 Å². The van der Waals surface area contributed by atoms with E-state index in [1.54, 1.807) is 0 Å². The van der Waals surface area contributed by atoms with Gasteiger partial charge < -0.3 is 5.32 Å². The van der Waals surface area contributed by atoms with Gasteiger partial charge in [-0.15, -0.1) is 0 Å². The Morgan fingerprint density at radius 3 is 2.32 bits per heavy atom. The topological polar surface area (TPSA) is 12.0 Å². The van der Waals surface area contributed by atoms with Gasteiger partial charge in [-0.3, -0.25) is 0 Å². The van der Waals surface area contributed by atoms with E-state index < -0.39 is 0 Å². The van der Waals surface area contributed by atoms with Crippen molar-refractivity contribution < 1.29 is 0 Å². The highest BCUT2D eigenvalue weighted by molar-refractivity contribution is 6.30. The average molecular weight is 280 g/mol. The van der Waals surface area contributed by atoms with Crippen LogP contribution < -0.4 is 5.32 Å². The maximum Gasteiger partial charge on any atom is 0.0406 e. The van der Waals surface area contributed by atoms with Gasteiger partial charge in [-0.2, -0.15) is 0 Å². The zero-order valence-corrected chi connectivity index (χ0v) is 12.8. The molecule has 0 aliphatic heterocycles. The molecule has 1 aromatic carbocycles. The van der Waals surface area contributed by atoms with E-state index in [1.807, 2.05) is 12.1 Å². The lowest BCUT2D eigenvalue weighted by molar-refractivity contribution is 0.290. The highest BCUT2D eigenvalue weighted by Gasteiger charge is 2.22. The molecule has 0 saturated heterocycles. The number of nitrogens with one attached hydrogen (secondary N) is 1. The number of halogens is 1. The molecule has 19 heavy (non-hydrogen) atoms. The molecule has 106 valence electrons. The van der Waals surface area contributed by atoms with E-state index in [0.29, 0.717) is 0 Å². The molecular formula is C17H26ClN. The highest BCUT2D eigenvalue weighted by atomic mass is 35.5. The minimum absolute atomic E-state index is 0.768. The average Bonchev–Trinajstić information content (AvgIpc) is 2.70. The van der Waals surface area contributed by atoms with Crippen LogP contribution in [0, 0.1) is 11.8 Å². The Bertz CT molecular complexity index is 352. The van der Waals surface area contributed by atoms with Gasteiger partial charge in [0.15, 0.2) is 0 Å². The summed E-state index contributed by atoms with van der Waals surface area (Å²) >= 11 is 5.97. The Morgan fingerprint density at radius 2 is 1.74 bits per heavy atom. The molecule has 1 atom stereocenters. The molecule has 1 N–H and O–H groups in total. The standard InChI is InChI=1S/C17H26ClN/c1-19-13-16(15-6-4-2-3-5-7-15)12-14-8-10-17(18)11-9-14/h8-11,15-16,19H,2-7,12-13H2,1H3. The van der Waals surface area contributed by atoms with E-state index in [1.165, 1.54) is 50.5 Å². The molecule has 0 radical (unpaired) electrons. The second-order valence-electron chi connectivity index (χ2n) is 5.90. The third kappa shape index (κ3) is 4.81. The smallest absolute Gasteiger partial charge is 0.0406 e. The van der Waals surface area contributed by atoms with Crippen molar-refractivity contribution in [1.82, 2.24) is 5.32 Å². The van der Waals surface area contributed by atoms with Crippen LogP contribution in [0.2, 0.25) is 5.02 Å². The van der Waals surface area contributed by atoms with Crippen molar-refractivity contribution in [1.29, 1.82) is 0 Å². The lowest BCUT2D eigenvalue weighted by Crippen LogP contribution is -2.27. The third-order valence-electron chi connectivity index (χ3n) is 4.44. The number of benzene rings is 1. The van der Waals surface area contributed by atoms with E-state index in [4.69, 9.17) is 11.6 Å². The quantitative estimate of drug-likeness (QED) is 0.771. The van der Waals surface area contributed by atoms with Crippen molar-refractivity contribution in [2.45, 2.75) is 44.9 Å². The molecule has 0 bridgehead atoms. The monoisotopic (exact) mass is 279 g/mol. The summed E-state index contributed by atoms with van der Waals surface area (Å²) in [7, 11) is 2.07. The molecule has 1 aliphatic rings.